The lowest BCUT2D eigenvalue weighted by Gasteiger charge is -2.14. The third-order valence-electron chi connectivity index (χ3n) is 7.94. The van der Waals surface area contributed by atoms with Gasteiger partial charge in [-0.25, -0.2) is 4.79 Å². The van der Waals surface area contributed by atoms with Crippen LogP contribution in [0.5, 0.6) is 0 Å². The second kappa shape index (κ2) is 8.82. The number of rotatable bonds is 3. The molecule has 0 amide bonds. The summed E-state index contributed by atoms with van der Waals surface area (Å²) in [6, 6.07) is 50.1. The predicted octanol–water partition coefficient (Wildman–Crippen LogP) is 8.91. The summed E-state index contributed by atoms with van der Waals surface area (Å²) < 4.78 is 3.58. The summed E-state index contributed by atoms with van der Waals surface area (Å²) in [5, 5.41) is 7.49. The van der Waals surface area contributed by atoms with Gasteiger partial charge in [0.15, 0.2) is 0 Å². The Hall–Kier alpha value is -5.41. The number of aromatic nitrogens is 2. The van der Waals surface area contributed by atoms with Crippen molar-refractivity contribution in [2.75, 3.05) is 0 Å². The molecule has 3 nitrogen and oxygen atoms in total. The van der Waals surface area contributed by atoms with E-state index in [0.29, 0.717) is 0 Å². The SMILES string of the molecule is O=c1n(-c2ccccc2)c2ccccc2n1-c1ccc(-c2cc3ccc4ccccc4c3c3ccccc23)cc1. The van der Waals surface area contributed by atoms with E-state index in [1.807, 2.05) is 54.6 Å². The van der Waals surface area contributed by atoms with Crippen molar-refractivity contribution in [3.63, 3.8) is 0 Å². The highest BCUT2D eigenvalue weighted by Gasteiger charge is 2.16. The molecule has 0 saturated carbocycles. The van der Waals surface area contributed by atoms with Crippen molar-refractivity contribution in [2.45, 2.75) is 0 Å². The molecular weight excluding hydrogens is 488 g/mol. The minimum Gasteiger partial charge on any atom is -0.260 e. The van der Waals surface area contributed by atoms with Crippen LogP contribution in [0.3, 0.4) is 0 Å². The Morgan fingerprint density at radius 2 is 0.975 bits per heavy atom. The van der Waals surface area contributed by atoms with Crippen molar-refractivity contribution >= 4 is 43.4 Å². The van der Waals surface area contributed by atoms with Crippen LogP contribution < -0.4 is 5.69 Å². The van der Waals surface area contributed by atoms with Gasteiger partial charge >= 0.3 is 5.69 Å². The topological polar surface area (TPSA) is 26.9 Å². The average molecular weight is 513 g/mol. The summed E-state index contributed by atoms with van der Waals surface area (Å²) in [6.07, 6.45) is 0. The number of hydrogen-bond donors (Lipinski definition) is 0. The van der Waals surface area contributed by atoms with Gasteiger partial charge in [0.1, 0.15) is 0 Å². The van der Waals surface area contributed by atoms with Crippen molar-refractivity contribution in [3.05, 3.63) is 156 Å². The van der Waals surface area contributed by atoms with Gasteiger partial charge in [0.25, 0.3) is 0 Å². The molecule has 0 spiro atoms. The van der Waals surface area contributed by atoms with E-state index < -0.39 is 0 Å². The van der Waals surface area contributed by atoms with Gasteiger partial charge in [-0.1, -0.05) is 103 Å². The summed E-state index contributed by atoms with van der Waals surface area (Å²) in [5.74, 6) is 0. The van der Waals surface area contributed by atoms with Gasteiger partial charge in [-0.3, -0.25) is 9.13 Å². The van der Waals surface area contributed by atoms with Crippen molar-refractivity contribution in [1.29, 1.82) is 0 Å². The van der Waals surface area contributed by atoms with Gasteiger partial charge in [-0.05, 0) is 85.9 Å². The number of imidazole rings is 1. The van der Waals surface area contributed by atoms with Crippen molar-refractivity contribution < 1.29 is 0 Å². The first-order valence-electron chi connectivity index (χ1n) is 13.5. The first-order chi connectivity index (χ1) is 19.8. The number of para-hydroxylation sites is 3. The highest BCUT2D eigenvalue weighted by Crippen LogP contribution is 2.38. The Kier molecular flexibility index (Phi) is 4.98. The zero-order valence-corrected chi connectivity index (χ0v) is 21.7. The van der Waals surface area contributed by atoms with E-state index in [0.717, 1.165) is 28.0 Å². The third-order valence-corrected chi connectivity index (χ3v) is 7.94. The van der Waals surface area contributed by atoms with E-state index in [9.17, 15) is 4.79 Å². The molecular formula is C37H24N2O. The van der Waals surface area contributed by atoms with Crippen LogP contribution in [0.1, 0.15) is 0 Å². The predicted molar refractivity (Wildman–Crippen MR) is 167 cm³/mol. The lowest BCUT2D eigenvalue weighted by molar-refractivity contribution is 0.931. The third kappa shape index (κ3) is 3.35. The lowest BCUT2D eigenvalue weighted by Crippen LogP contribution is -2.22. The molecule has 3 heteroatoms. The van der Waals surface area contributed by atoms with E-state index in [2.05, 4.69) is 91.0 Å². The largest absolute Gasteiger partial charge is 0.338 e. The van der Waals surface area contributed by atoms with Crippen LogP contribution in [0, 0.1) is 0 Å². The zero-order chi connectivity index (χ0) is 26.6. The molecule has 0 radical (unpaired) electrons. The van der Waals surface area contributed by atoms with E-state index in [1.54, 1.807) is 9.13 Å². The molecule has 0 atom stereocenters. The van der Waals surface area contributed by atoms with Crippen LogP contribution in [0.15, 0.2) is 150 Å². The fourth-order valence-electron chi connectivity index (χ4n) is 6.13. The van der Waals surface area contributed by atoms with E-state index in [-0.39, 0.29) is 5.69 Å². The smallest absolute Gasteiger partial charge is 0.260 e. The molecule has 0 aliphatic rings. The highest BCUT2D eigenvalue weighted by molar-refractivity contribution is 6.23. The molecule has 1 aromatic heterocycles. The molecule has 0 fully saturated rings. The minimum absolute atomic E-state index is 0.0804. The molecule has 0 aliphatic carbocycles. The number of fused-ring (bicyclic) bond motifs is 6. The van der Waals surface area contributed by atoms with Crippen LogP contribution >= 0.6 is 0 Å². The Morgan fingerprint density at radius 1 is 0.425 bits per heavy atom. The number of hydrogen-bond acceptors (Lipinski definition) is 1. The molecule has 0 saturated heterocycles. The second-order valence-corrected chi connectivity index (χ2v) is 10.2. The van der Waals surface area contributed by atoms with Gasteiger partial charge in [0, 0.05) is 0 Å². The van der Waals surface area contributed by atoms with Gasteiger partial charge in [-0.2, -0.15) is 0 Å². The van der Waals surface area contributed by atoms with Crippen LogP contribution in [0.25, 0.3) is 65.9 Å². The first-order valence-corrected chi connectivity index (χ1v) is 13.5. The quantitative estimate of drug-likeness (QED) is 0.217. The Morgan fingerprint density at radius 3 is 1.70 bits per heavy atom. The molecule has 8 aromatic rings. The maximum Gasteiger partial charge on any atom is 0.338 e. The monoisotopic (exact) mass is 512 g/mol. The number of benzene rings is 7. The van der Waals surface area contributed by atoms with E-state index >= 15 is 0 Å². The normalized spacial score (nSPS) is 11.6. The molecule has 0 bridgehead atoms. The van der Waals surface area contributed by atoms with Crippen LogP contribution in [0.4, 0.5) is 0 Å². The number of nitrogens with zero attached hydrogens (tertiary/aromatic N) is 2. The summed E-state index contributed by atoms with van der Waals surface area (Å²) in [7, 11) is 0. The molecule has 7 aromatic carbocycles. The molecule has 0 aliphatic heterocycles. The van der Waals surface area contributed by atoms with Crippen molar-refractivity contribution in [1.82, 2.24) is 9.13 Å². The van der Waals surface area contributed by atoms with Gasteiger partial charge < -0.3 is 0 Å². The molecule has 8 rings (SSSR count). The molecule has 0 unspecified atom stereocenters. The maximum atomic E-state index is 13.8. The fraction of sp³-hybridized carbons (Fsp3) is 0. The maximum absolute atomic E-state index is 13.8. The zero-order valence-electron chi connectivity index (χ0n) is 21.7. The van der Waals surface area contributed by atoms with Crippen LogP contribution in [0.2, 0.25) is 0 Å². The van der Waals surface area contributed by atoms with Gasteiger partial charge in [0.05, 0.1) is 22.4 Å². The molecule has 0 N–H and O–H groups in total. The van der Waals surface area contributed by atoms with E-state index in [1.165, 1.54) is 37.9 Å². The van der Waals surface area contributed by atoms with Crippen molar-refractivity contribution in [2.24, 2.45) is 0 Å². The summed E-state index contributed by atoms with van der Waals surface area (Å²) in [5.41, 5.74) is 5.69. The average Bonchev–Trinajstić information content (AvgIpc) is 3.32. The summed E-state index contributed by atoms with van der Waals surface area (Å²) in [6.45, 7) is 0. The van der Waals surface area contributed by atoms with Crippen LogP contribution in [-0.4, -0.2) is 9.13 Å². The summed E-state index contributed by atoms with van der Waals surface area (Å²) in [4.78, 5) is 13.8. The molecule has 188 valence electrons. The van der Waals surface area contributed by atoms with Gasteiger partial charge in [-0.15, -0.1) is 0 Å². The summed E-state index contributed by atoms with van der Waals surface area (Å²) >= 11 is 0. The highest BCUT2D eigenvalue weighted by atomic mass is 16.1. The molecule has 40 heavy (non-hydrogen) atoms. The van der Waals surface area contributed by atoms with E-state index in [4.69, 9.17) is 0 Å². The lowest BCUT2D eigenvalue weighted by atomic mass is 9.91. The first kappa shape index (κ1) is 22.6. The minimum atomic E-state index is -0.0804. The van der Waals surface area contributed by atoms with Crippen molar-refractivity contribution in [3.8, 4) is 22.5 Å². The molecule has 1 heterocycles. The standard InChI is InChI=1S/C37H24N2O/c40-37-38(28-11-2-1-3-12-28)34-16-8-9-17-35(34)39(37)29-22-20-26(21-23-29)33-24-27-19-18-25-10-4-5-13-30(25)36(27)32-15-7-6-14-31(32)33/h1-24H. The Balaban J connectivity index is 1.32. The Labute approximate surface area is 230 Å². The van der Waals surface area contributed by atoms with Crippen LogP contribution in [-0.2, 0) is 0 Å². The van der Waals surface area contributed by atoms with Gasteiger partial charge in [0.2, 0.25) is 0 Å². The fourth-order valence-corrected chi connectivity index (χ4v) is 6.13. The second-order valence-electron chi connectivity index (χ2n) is 10.2. The Bertz CT molecular complexity index is 2270.